The lowest BCUT2D eigenvalue weighted by atomic mass is 10.1. The quantitative estimate of drug-likeness (QED) is 0.661. The summed E-state index contributed by atoms with van der Waals surface area (Å²) in [5.74, 6) is -1.11. The van der Waals surface area contributed by atoms with Gasteiger partial charge in [0.05, 0.1) is 30.5 Å². The lowest BCUT2D eigenvalue weighted by molar-refractivity contribution is -0.122. The summed E-state index contributed by atoms with van der Waals surface area (Å²) < 4.78 is 4.80. The number of carbonyl (C=O) groups excluding carboxylic acids is 3. The lowest BCUT2D eigenvalue weighted by Gasteiger charge is -2.26. The van der Waals surface area contributed by atoms with E-state index in [-0.39, 0.29) is 18.2 Å². The monoisotopic (exact) mass is 387 g/mol. The van der Waals surface area contributed by atoms with Crippen LogP contribution in [0.4, 0.5) is 16.4 Å². The highest BCUT2D eigenvalue weighted by atomic mass is 32.1. The van der Waals surface area contributed by atoms with Crippen LogP contribution in [0, 0.1) is 0 Å². The molecule has 27 heavy (non-hydrogen) atoms. The Morgan fingerprint density at radius 3 is 2.70 bits per heavy atom. The van der Waals surface area contributed by atoms with E-state index >= 15 is 0 Å². The number of aryl methyl sites for hydroxylation is 1. The Bertz CT molecular complexity index is 878. The molecule has 0 saturated carbocycles. The summed E-state index contributed by atoms with van der Waals surface area (Å²) in [5.41, 5.74) is 1.80. The molecule has 1 unspecified atom stereocenters. The number of esters is 1. The summed E-state index contributed by atoms with van der Waals surface area (Å²) in [6.07, 6.45) is 1.69. The normalized spacial score (nSPS) is 15.3. The van der Waals surface area contributed by atoms with Gasteiger partial charge in [0.25, 0.3) is 0 Å². The van der Waals surface area contributed by atoms with Crippen molar-refractivity contribution in [3.63, 3.8) is 0 Å². The molecule has 0 bridgehead atoms. The summed E-state index contributed by atoms with van der Waals surface area (Å²) in [6.45, 7) is 2.04. The number of benzene rings is 1. The fourth-order valence-corrected chi connectivity index (χ4v) is 4.03. The summed E-state index contributed by atoms with van der Waals surface area (Å²) in [5, 5.41) is 9.07. The first-order chi connectivity index (χ1) is 13.0. The molecule has 0 radical (unpaired) electrons. The topological polar surface area (TPSA) is 96.5 Å². The van der Waals surface area contributed by atoms with Gasteiger partial charge in [-0.1, -0.05) is 25.5 Å². The molecule has 0 spiro atoms. The summed E-state index contributed by atoms with van der Waals surface area (Å²) in [4.78, 5) is 37.7. The number of nitrogens with one attached hydrogen (secondary N) is 3. The number of anilines is 3. The molecule has 1 aliphatic heterocycles. The Morgan fingerprint density at radius 2 is 2.00 bits per heavy atom. The molecule has 0 aliphatic carbocycles. The second-order valence-electron chi connectivity index (χ2n) is 6.18. The van der Waals surface area contributed by atoms with E-state index in [1.807, 2.05) is 25.1 Å². The van der Waals surface area contributed by atoms with Crippen molar-refractivity contribution < 1.29 is 19.1 Å². The highest BCUT2D eigenvalue weighted by Gasteiger charge is 2.28. The maximum atomic E-state index is 12.5. The van der Waals surface area contributed by atoms with E-state index in [0.29, 0.717) is 16.3 Å². The van der Waals surface area contributed by atoms with E-state index < -0.39 is 12.0 Å². The van der Waals surface area contributed by atoms with Crippen LogP contribution in [0.1, 0.15) is 35.0 Å². The molecule has 1 aliphatic rings. The number of methoxy groups -OCH3 is 1. The first-order valence-electron chi connectivity index (χ1n) is 8.69. The maximum absolute atomic E-state index is 12.5. The number of hydrogen-bond acceptors (Lipinski definition) is 6. The molecule has 0 fully saturated rings. The van der Waals surface area contributed by atoms with Crippen LogP contribution in [-0.4, -0.2) is 30.9 Å². The standard InChI is InChI=1S/C19H21N3O4S/c1-3-6-11-9-12(19(25)26-2)18(27-11)22-16(23)10-15-17(24)21-14-8-5-4-7-13(14)20-15/h4-5,7-9,15,20H,3,6,10H2,1-2H3,(H,21,24)(H,22,23). The number of thiophene rings is 1. The number of para-hydroxylation sites is 2. The summed E-state index contributed by atoms with van der Waals surface area (Å²) >= 11 is 1.35. The van der Waals surface area contributed by atoms with Crippen molar-refractivity contribution in [2.75, 3.05) is 23.1 Å². The molecule has 3 N–H and O–H groups in total. The largest absolute Gasteiger partial charge is 0.465 e. The van der Waals surface area contributed by atoms with E-state index in [2.05, 4.69) is 16.0 Å². The number of ether oxygens (including phenoxy) is 1. The second-order valence-corrected chi connectivity index (χ2v) is 7.32. The molecular weight excluding hydrogens is 366 g/mol. The van der Waals surface area contributed by atoms with Crippen molar-refractivity contribution in [1.29, 1.82) is 0 Å². The average molecular weight is 387 g/mol. The highest BCUT2D eigenvalue weighted by Crippen LogP contribution is 2.31. The molecular formula is C19H21N3O4S. The fourth-order valence-electron chi connectivity index (χ4n) is 2.86. The number of fused-ring (bicyclic) bond motifs is 1. The van der Waals surface area contributed by atoms with Crippen molar-refractivity contribution in [1.82, 2.24) is 0 Å². The Balaban J connectivity index is 1.71. The third-order valence-electron chi connectivity index (χ3n) is 4.16. The summed E-state index contributed by atoms with van der Waals surface area (Å²) in [6, 6.07) is 8.37. The van der Waals surface area contributed by atoms with Gasteiger partial charge in [-0.3, -0.25) is 9.59 Å². The number of carbonyl (C=O) groups is 3. The Labute approximate surface area is 161 Å². The molecule has 2 heterocycles. The van der Waals surface area contributed by atoms with Crippen LogP contribution in [0.5, 0.6) is 0 Å². The van der Waals surface area contributed by atoms with Crippen LogP contribution in [0.15, 0.2) is 30.3 Å². The SMILES string of the molecule is CCCc1cc(C(=O)OC)c(NC(=O)CC2Nc3ccccc3NC2=O)s1. The lowest BCUT2D eigenvalue weighted by Crippen LogP contribution is -2.41. The zero-order valence-electron chi connectivity index (χ0n) is 15.1. The highest BCUT2D eigenvalue weighted by molar-refractivity contribution is 7.16. The molecule has 2 amide bonds. The van der Waals surface area contributed by atoms with Gasteiger partial charge >= 0.3 is 5.97 Å². The molecule has 3 rings (SSSR count). The predicted molar refractivity (Wildman–Crippen MR) is 105 cm³/mol. The van der Waals surface area contributed by atoms with Gasteiger partial charge in [-0.05, 0) is 24.6 Å². The van der Waals surface area contributed by atoms with E-state index in [1.54, 1.807) is 12.1 Å². The summed E-state index contributed by atoms with van der Waals surface area (Å²) in [7, 11) is 1.30. The maximum Gasteiger partial charge on any atom is 0.340 e. The van der Waals surface area contributed by atoms with Crippen molar-refractivity contribution in [3.8, 4) is 0 Å². The molecule has 1 aromatic carbocycles. The predicted octanol–water partition coefficient (Wildman–Crippen LogP) is 3.25. The smallest absolute Gasteiger partial charge is 0.340 e. The second kappa shape index (κ2) is 8.22. The van der Waals surface area contributed by atoms with Gasteiger partial charge < -0.3 is 20.7 Å². The first kappa shape index (κ1) is 18.9. The van der Waals surface area contributed by atoms with Crippen molar-refractivity contribution >= 4 is 45.5 Å². The zero-order chi connectivity index (χ0) is 19.4. The van der Waals surface area contributed by atoms with Gasteiger partial charge in [-0.25, -0.2) is 4.79 Å². The van der Waals surface area contributed by atoms with E-state index in [0.717, 1.165) is 23.4 Å². The van der Waals surface area contributed by atoms with E-state index in [4.69, 9.17) is 4.74 Å². The van der Waals surface area contributed by atoms with Crippen LogP contribution in [0.3, 0.4) is 0 Å². The molecule has 8 heteroatoms. The van der Waals surface area contributed by atoms with Crippen LogP contribution in [0.2, 0.25) is 0 Å². The van der Waals surface area contributed by atoms with Gasteiger partial charge in [0.15, 0.2) is 0 Å². The minimum atomic E-state index is -0.684. The van der Waals surface area contributed by atoms with E-state index in [9.17, 15) is 14.4 Å². The molecule has 7 nitrogen and oxygen atoms in total. The minimum absolute atomic E-state index is 0.0538. The average Bonchev–Trinajstić information content (AvgIpc) is 3.04. The van der Waals surface area contributed by atoms with Gasteiger partial charge in [0.2, 0.25) is 11.8 Å². The first-order valence-corrected chi connectivity index (χ1v) is 9.50. The number of amides is 2. The third kappa shape index (κ3) is 4.28. The molecule has 1 aromatic heterocycles. The van der Waals surface area contributed by atoms with E-state index in [1.165, 1.54) is 18.4 Å². The van der Waals surface area contributed by atoms with Crippen LogP contribution >= 0.6 is 11.3 Å². The zero-order valence-corrected chi connectivity index (χ0v) is 15.9. The molecule has 0 saturated heterocycles. The molecule has 142 valence electrons. The third-order valence-corrected chi connectivity index (χ3v) is 5.27. The Morgan fingerprint density at radius 1 is 1.26 bits per heavy atom. The minimum Gasteiger partial charge on any atom is -0.465 e. The van der Waals surface area contributed by atoms with Gasteiger partial charge in [-0.2, -0.15) is 0 Å². The Kier molecular flexibility index (Phi) is 5.75. The molecule has 1 atom stereocenters. The van der Waals surface area contributed by atoms with Crippen LogP contribution in [0.25, 0.3) is 0 Å². The molecule has 2 aromatic rings. The Hall–Kier alpha value is -2.87. The van der Waals surface area contributed by atoms with Gasteiger partial charge in [0, 0.05) is 4.88 Å². The van der Waals surface area contributed by atoms with Crippen molar-refractivity contribution in [3.05, 3.63) is 40.8 Å². The van der Waals surface area contributed by atoms with Crippen LogP contribution in [-0.2, 0) is 20.7 Å². The van der Waals surface area contributed by atoms with Gasteiger partial charge in [0.1, 0.15) is 11.0 Å². The van der Waals surface area contributed by atoms with Crippen molar-refractivity contribution in [2.24, 2.45) is 0 Å². The van der Waals surface area contributed by atoms with Crippen molar-refractivity contribution in [2.45, 2.75) is 32.2 Å². The van der Waals surface area contributed by atoms with Gasteiger partial charge in [-0.15, -0.1) is 11.3 Å². The number of hydrogen-bond donors (Lipinski definition) is 3. The van der Waals surface area contributed by atoms with Crippen LogP contribution < -0.4 is 16.0 Å². The fraction of sp³-hybridized carbons (Fsp3) is 0.316. The number of rotatable bonds is 6.